The fourth-order valence-electron chi connectivity index (χ4n) is 5.41. The van der Waals surface area contributed by atoms with Crippen LogP contribution in [0.4, 0.5) is 0 Å². The zero-order chi connectivity index (χ0) is 26.8. The average molecular weight is 523 g/mol. The summed E-state index contributed by atoms with van der Waals surface area (Å²) in [6.07, 6.45) is 21.5. The highest BCUT2D eigenvalue weighted by Gasteiger charge is 2.51. The van der Waals surface area contributed by atoms with Gasteiger partial charge < -0.3 is 9.53 Å². The topological polar surface area (TPSA) is 29.5 Å². The van der Waals surface area contributed by atoms with Gasteiger partial charge in [0.2, 0.25) is 0 Å². The van der Waals surface area contributed by atoms with Crippen LogP contribution < -0.4 is 10.4 Å². The molecule has 0 aliphatic carbocycles. The Bertz CT molecular complexity index is 802. The van der Waals surface area contributed by atoms with E-state index in [1.54, 1.807) is 0 Å². The number of allylic oxidation sites excluding steroid dienone is 1. The molecule has 2 aromatic carbocycles. The second kappa shape index (κ2) is 17.8. The first-order valence-corrected chi connectivity index (χ1v) is 16.9. The highest BCUT2D eigenvalue weighted by Crippen LogP contribution is 2.37. The van der Waals surface area contributed by atoms with Crippen LogP contribution in [-0.2, 0) is 4.43 Å². The van der Waals surface area contributed by atoms with Crippen molar-refractivity contribution in [3.8, 4) is 0 Å². The number of aliphatic hydroxyl groups excluding tert-OH is 1. The maximum absolute atomic E-state index is 10.3. The molecule has 0 saturated heterocycles. The van der Waals surface area contributed by atoms with Gasteiger partial charge in [0, 0.05) is 0 Å². The molecule has 0 radical (unpaired) electrons. The Hall–Kier alpha value is -1.68. The van der Waals surface area contributed by atoms with Crippen LogP contribution in [0.2, 0.25) is 5.04 Å². The summed E-state index contributed by atoms with van der Waals surface area (Å²) in [5.41, 5.74) is 0. The van der Waals surface area contributed by atoms with Crippen LogP contribution in [0.5, 0.6) is 0 Å². The Morgan fingerprint density at radius 3 is 1.54 bits per heavy atom. The highest BCUT2D eigenvalue weighted by atomic mass is 28.4. The van der Waals surface area contributed by atoms with Crippen molar-refractivity contribution < 1.29 is 9.53 Å². The lowest BCUT2D eigenvalue weighted by molar-refractivity contribution is 0.141. The lowest BCUT2D eigenvalue weighted by atomic mass is 10.0. The maximum atomic E-state index is 10.3. The Morgan fingerprint density at radius 2 is 1.14 bits per heavy atom. The molecule has 0 amide bonds. The summed E-state index contributed by atoms with van der Waals surface area (Å²) in [4.78, 5) is 0. The fraction of sp³-hybridized carbons (Fsp3) is 0.588. The maximum Gasteiger partial charge on any atom is 0.261 e. The Labute approximate surface area is 229 Å². The molecule has 0 heterocycles. The van der Waals surface area contributed by atoms with Crippen molar-refractivity contribution in [1.29, 1.82) is 0 Å². The van der Waals surface area contributed by atoms with Crippen LogP contribution in [0.15, 0.2) is 72.8 Å². The molecule has 1 N–H and O–H groups in total. The summed E-state index contributed by atoms with van der Waals surface area (Å²) in [7, 11) is -2.65. The van der Waals surface area contributed by atoms with Crippen molar-refractivity contribution in [2.75, 3.05) is 6.61 Å². The third-order valence-corrected chi connectivity index (χ3v) is 12.6. The van der Waals surface area contributed by atoms with Crippen LogP contribution in [0.3, 0.4) is 0 Å². The van der Waals surface area contributed by atoms with Crippen molar-refractivity contribution in [1.82, 2.24) is 0 Å². The lowest BCUT2D eigenvalue weighted by Gasteiger charge is -2.44. The third kappa shape index (κ3) is 10.5. The van der Waals surface area contributed by atoms with E-state index in [0.29, 0.717) is 0 Å². The first kappa shape index (κ1) is 31.5. The molecule has 2 nitrogen and oxygen atoms in total. The number of rotatable bonds is 19. The molecule has 2 rings (SSSR count). The Morgan fingerprint density at radius 1 is 0.703 bits per heavy atom. The zero-order valence-corrected chi connectivity index (χ0v) is 25.3. The highest BCUT2D eigenvalue weighted by molar-refractivity contribution is 6.99. The van der Waals surface area contributed by atoms with E-state index in [-0.39, 0.29) is 17.7 Å². The van der Waals surface area contributed by atoms with Crippen LogP contribution in [0.25, 0.3) is 0 Å². The molecule has 0 fully saturated rings. The van der Waals surface area contributed by atoms with E-state index in [2.05, 4.69) is 101 Å². The van der Waals surface area contributed by atoms with Crippen LogP contribution in [0, 0.1) is 0 Å². The summed E-state index contributed by atoms with van der Waals surface area (Å²) in [5, 5.41) is 12.7. The van der Waals surface area contributed by atoms with Crippen LogP contribution >= 0.6 is 0 Å². The first-order valence-electron chi connectivity index (χ1n) is 15.0. The van der Waals surface area contributed by atoms with Gasteiger partial charge in [0.15, 0.2) is 0 Å². The zero-order valence-electron chi connectivity index (χ0n) is 24.3. The van der Waals surface area contributed by atoms with Gasteiger partial charge >= 0.3 is 0 Å². The predicted octanol–water partition coefficient (Wildman–Crippen LogP) is 8.57. The van der Waals surface area contributed by atoms with Gasteiger partial charge in [-0.15, -0.1) is 0 Å². The molecule has 206 valence electrons. The van der Waals surface area contributed by atoms with Gasteiger partial charge in [-0.05, 0) is 28.3 Å². The van der Waals surface area contributed by atoms with Gasteiger partial charge in [0.05, 0.1) is 12.7 Å². The number of benzene rings is 2. The van der Waals surface area contributed by atoms with Crippen LogP contribution in [0.1, 0.15) is 111 Å². The summed E-state index contributed by atoms with van der Waals surface area (Å²) in [6, 6.07) is 21.4. The van der Waals surface area contributed by atoms with E-state index in [4.69, 9.17) is 4.43 Å². The summed E-state index contributed by atoms with van der Waals surface area (Å²) in [6.45, 7) is 9.13. The largest absolute Gasteiger partial charge is 0.399 e. The molecule has 1 atom stereocenters. The molecule has 3 heteroatoms. The molecule has 0 unspecified atom stereocenters. The van der Waals surface area contributed by atoms with Gasteiger partial charge in [0.25, 0.3) is 8.32 Å². The van der Waals surface area contributed by atoms with E-state index in [1.807, 2.05) is 0 Å². The molecule has 0 spiro atoms. The third-order valence-electron chi connectivity index (χ3n) is 7.50. The van der Waals surface area contributed by atoms with E-state index in [1.165, 1.54) is 87.4 Å². The van der Waals surface area contributed by atoms with Crippen molar-refractivity contribution in [3.05, 3.63) is 72.8 Å². The number of aliphatic hydroxyl groups is 1. The van der Waals surface area contributed by atoms with E-state index >= 15 is 0 Å². The van der Waals surface area contributed by atoms with Crippen molar-refractivity contribution >= 4 is 18.7 Å². The number of unbranched alkanes of at least 4 members (excludes halogenated alkanes) is 12. The number of hydrogen-bond donors (Lipinski definition) is 1. The minimum absolute atomic E-state index is 0.000554. The minimum atomic E-state index is -2.65. The normalized spacial score (nSPS) is 13.3. The molecular weight excluding hydrogens is 468 g/mol. The van der Waals surface area contributed by atoms with Gasteiger partial charge in [-0.2, -0.15) is 0 Å². The van der Waals surface area contributed by atoms with Crippen molar-refractivity contribution in [3.63, 3.8) is 0 Å². The smallest absolute Gasteiger partial charge is 0.261 e. The second-order valence-electron chi connectivity index (χ2n) is 11.6. The molecule has 0 aromatic heterocycles. The van der Waals surface area contributed by atoms with E-state index in [0.717, 1.165) is 6.42 Å². The summed E-state index contributed by atoms with van der Waals surface area (Å²) in [5.74, 6) is 0. The van der Waals surface area contributed by atoms with Gasteiger partial charge in [-0.1, -0.05) is 171 Å². The van der Waals surface area contributed by atoms with Crippen LogP contribution in [-0.4, -0.2) is 26.1 Å². The second-order valence-corrected chi connectivity index (χ2v) is 15.9. The minimum Gasteiger partial charge on any atom is -0.399 e. The van der Waals surface area contributed by atoms with Gasteiger partial charge in [-0.3, -0.25) is 0 Å². The van der Waals surface area contributed by atoms with Crippen molar-refractivity contribution in [2.24, 2.45) is 0 Å². The predicted molar refractivity (Wildman–Crippen MR) is 164 cm³/mol. The quantitative estimate of drug-likeness (QED) is 0.114. The first-order chi connectivity index (χ1) is 18.0. The summed E-state index contributed by atoms with van der Waals surface area (Å²) < 4.78 is 7.04. The SMILES string of the molecule is CCCCCCCCCCCCCC/C=C/[C@@H](CO)O[Si](c1ccccc1)(c1ccccc1)C(C)(C)C. The summed E-state index contributed by atoms with van der Waals surface area (Å²) >= 11 is 0. The Kier molecular flexibility index (Phi) is 15.1. The van der Waals surface area contributed by atoms with Gasteiger partial charge in [0.1, 0.15) is 0 Å². The molecule has 0 bridgehead atoms. The lowest BCUT2D eigenvalue weighted by Crippen LogP contribution is -2.67. The fourth-order valence-corrected chi connectivity index (χ4v) is 10.0. The van der Waals surface area contributed by atoms with Crippen molar-refractivity contribution in [2.45, 2.75) is 122 Å². The number of hydrogen-bond acceptors (Lipinski definition) is 2. The molecule has 2 aromatic rings. The monoisotopic (exact) mass is 522 g/mol. The molecule has 0 aliphatic heterocycles. The Balaban J connectivity index is 1.87. The van der Waals surface area contributed by atoms with E-state index < -0.39 is 8.32 Å². The molecule has 0 saturated carbocycles. The van der Waals surface area contributed by atoms with Gasteiger partial charge in [-0.25, -0.2) is 0 Å². The van der Waals surface area contributed by atoms with E-state index in [9.17, 15) is 5.11 Å². The molecule has 37 heavy (non-hydrogen) atoms. The molecular formula is C34H54O2Si. The molecule has 0 aliphatic rings. The standard InChI is InChI=1S/C34H54O2Si/c1-5-6-7-8-9-10-11-12-13-14-15-16-17-20-25-31(30-35)36-37(34(2,3)4,32-26-21-18-22-27-32)33-28-23-19-24-29-33/h18-29,31,35H,5-17,30H2,1-4H3/b25-20+/t31-/m0/s1. The average Bonchev–Trinajstić information content (AvgIpc) is 2.91.